The molecule has 3 heterocycles. The van der Waals surface area contributed by atoms with Gasteiger partial charge >= 0.3 is 0 Å². The lowest BCUT2D eigenvalue weighted by Crippen LogP contribution is -2.41. The summed E-state index contributed by atoms with van der Waals surface area (Å²) in [5.41, 5.74) is -3.33. The molecular formula is C27H17ClF4N4O4S. The predicted molar refractivity (Wildman–Crippen MR) is 142 cm³/mol. The third-order valence-corrected chi connectivity index (χ3v) is 8.52. The van der Waals surface area contributed by atoms with Crippen LogP contribution in [0.2, 0.25) is 5.02 Å². The summed E-state index contributed by atoms with van der Waals surface area (Å²) in [7, 11) is -0.434. The van der Waals surface area contributed by atoms with E-state index in [-0.39, 0.29) is 60.0 Å². The van der Waals surface area contributed by atoms with Crippen LogP contribution >= 0.6 is 11.6 Å². The molecule has 210 valence electrons. The summed E-state index contributed by atoms with van der Waals surface area (Å²) in [6.45, 7) is 0. The van der Waals surface area contributed by atoms with Crippen molar-refractivity contribution in [2.45, 2.75) is 23.5 Å². The molecule has 0 saturated carbocycles. The van der Waals surface area contributed by atoms with Gasteiger partial charge in [0.15, 0.2) is 5.72 Å². The fraction of sp³-hybridized carbons (Fsp3) is 0.148. The molecule has 2 unspecified atom stereocenters. The largest absolute Gasteiger partial charge is 0.363 e. The van der Waals surface area contributed by atoms with Crippen molar-refractivity contribution in [3.05, 3.63) is 92.5 Å². The fourth-order valence-corrected chi connectivity index (χ4v) is 6.67. The van der Waals surface area contributed by atoms with Crippen molar-refractivity contribution in [1.82, 2.24) is 15.1 Å². The Balaban J connectivity index is 1.58. The zero-order valence-electron chi connectivity index (χ0n) is 20.8. The molecule has 3 N–H and O–H groups in total. The fourth-order valence-electron chi connectivity index (χ4n) is 5.22. The Morgan fingerprint density at radius 1 is 1.20 bits per heavy atom. The highest BCUT2D eigenvalue weighted by molar-refractivity contribution is 7.88. The zero-order valence-corrected chi connectivity index (χ0v) is 22.3. The molecule has 8 nitrogen and oxygen atoms in total. The Labute approximate surface area is 236 Å². The van der Waals surface area contributed by atoms with Crippen molar-refractivity contribution in [1.29, 1.82) is 0 Å². The summed E-state index contributed by atoms with van der Waals surface area (Å²) < 4.78 is 68.7. The number of nitrogens with zero attached hydrogens (tertiary/aromatic N) is 2. The number of alkyl halides is 2. The van der Waals surface area contributed by atoms with Crippen molar-refractivity contribution < 1.29 is 36.5 Å². The van der Waals surface area contributed by atoms with Crippen molar-refractivity contribution in [3.8, 4) is 0 Å². The van der Waals surface area contributed by atoms with E-state index in [1.54, 1.807) is 0 Å². The molecular weight excluding hydrogens is 588 g/mol. The molecule has 0 bridgehead atoms. The molecule has 4 aromatic rings. The van der Waals surface area contributed by atoms with Gasteiger partial charge in [-0.1, -0.05) is 17.7 Å². The van der Waals surface area contributed by atoms with Crippen molar-refractivity contribution in [2.75, 3.05) is 5.32 Å². The highest BCUT2D eigenvalue weighted by Crippen LogP contribution is 2.46. The number of aliphatic hydroxyl groups is 1. The number of aryl methyl sites for hydroxylation is 1. The van der Waals surface area contributed by atoms with Gasteiger partial charge in [-0.3, -0.25) is 14.3 Å². The van der Waals surface area contributed by atoms with E-state index in [1.807, 2.05) is 0 Å². The van der Waals surface area contributed by atoms with E-state index >= 15 is 0 Å². The average molecular weight is 605 g/mol. The number of anilines is 1. The van der Waals surface area contributed by atoms with Gasteiger partial charge in [0, 0.05) is 39.6 Å². The van der Waals surface area contributed by atoms with Gasteiger partial charge in [-0.25, -0.2) is 21.8 Å². The van der Waals surface area contributed by atoms with Gasteiger partial charge < -0.3 is 15.7 Å². The average Bonchev–Trinajstić information content (AvgIpc) is 3.49. The molecule has 1 aromatic heterocycles. The monoisotopic (exact) mass is 604 g/mol. The first-order valence-electron chi connectivity index (χ1n) is 11.9. The van der Waals surface area contributed by atoms with Crippen molar-refractivity contribution in [2.24, 2.45) is 7.05 Å². The molecule has 0 radical (unpaired) electrons. The van der Waals surface area contributed by atoms with Crippen LogP contribution in [0.1, 0.15) is 32.7 Å². The molecule has 2 aliphatic heterocycles. The molecule has 41 heavy (non-hydrogen) atoms. The summed E-state index contributed by atoms with van der Waals surface area (Å²) in [5.74, 6) is -3.17. The summed E-state index contributed by atoms with van der Waals surface area (Å²) in [6, 6.07) is 7.79. The second-order valence-corrected chi connectivity index (χ2v) is 11.1. The van der Waals surface area contributed by atoms with E-state index < -0.39 is 52.8 Å². The van der Waals surface area contributed by atoms with Gasteiger partial charge in [0.1, 0.15) is 17.2 Å². The minimum absolute atomic E-state index is 0.0425. The summed E-state index contributed by atoms with van der Waals surface area (Å²) in [6.07, 6.45) is -3.50. The van der Waals surface area contributed by atoms with Crippen LogP contribution in [-0.4, -0.2) is 37.3 Å². The minimum atomic E-state index is -2.77. The Hall–Kier alpha value is -4.07. The van der Waals surface area contributed by atoms with E-state index in [4.69, 9.17) is 11.6 Å². The van der Waals surface area contributed by atoms with Crippen LogP contribution in [0.25, 0.3) is 16.5 Å². The van der Waals surface area contributed by atoms with Crippen LogP contribution in [0.4, 0.5) is 23.2 Å². The first-order valence-corrected chi connectivity index (χ1v) is 13.5. The zero-order chi connectivity index (χ0) is 29.4. The number of halogens is 5. The molecule has 14 heteroatoms. The molecule has 2 atom stereocenters. The molecule has 0 aliphatic carbocycles. The third kappa shape index (κ3) is 4.23. The van der Waals surface area contributed by atoms with Crippen molar-refractivity contribution in [3.63, 3.8) is 0 Å². The van der Waals surface area contributed by atoms with Crippen LogP contribution in [0.15, 0.2) is 52.8 Å². The Kier molecular flexibility index (Phi) is 6.28. The summed E-state index contributed by atoms with van der Waals surface area (Å²) >= 11 is 6.29. The Morgan fingerprint density at radius 3 is 2.63 bits per heavy atom. The van der Waals surface area contributed by atoms with Crippen LogP contribution in [0, 0.1) is 11.6 Å². The number of aromatic nitrogens is 2. The lowest BCUT2D eigenvalue weighted by atomic mass is 9.90. The second kappa shape index (κ2) is 9.50. The highest BCUT2D eigenvalue weighted by atomic mass is 35.5. The maximum Gasteiger partial charge on any atom is 0.256 e. The summed E-state index contributed by atoms with van der Waals surface area (Å²) in [4.78, 5) is 26.9. The predicted octanol–water partition coefficient (Wildman–Crippen LogP) is 4.35. The van der Waals surface area contributed by atoms with Gasteiger partial charge in [-0.15, -0.1) is 0 Å². The van der Waals surface area contributed by atoms with E-state index in [1.165, 1.54) is 25.2 Å². The SMILES string of the molecule is Cn1nc2c3c(c(NC(=O)C4=CS(=O)c5cc(F)ccc54)cc2c1CC(F)F)C(O)(c1cc(F)ccc1Cl)NC3=O. The van der Waals surface area contributed by atoms with E-state index in [2.05, 4.69) is 15.7 Å². The van der Waals surface area contributed by atoms with Gasteiger partial charge in [0.25, 0.3) is 11.8 Å². The Bertz CT molecular complexity index is 1890. The van der Waals surface area contributed by atoms with Gasteiger partial charge in [-0.2, -0.15) is 5.10 Å². The summed E-state index contributed by atoms with van der Waals surface area (Å²) in [5, 5.41) is 22.1. The van der Waals surface area contributed by atoms with Crippen LogP contribution in [0.5, 0.6) is 0 Å². The first kappa shape index (κ1) is 27.1. The maximum absolute atomic E-state index is 14.3. The molecule has 6 rings (SSSR count). The number of carbonyl (C=O) groups is 2. The second-order valence-electron chi connectivity index (χ2n) is 9.45. The number of hydrogen-bond donors (Lipinski definition) is 3. The Morgan fingerprint density at radius 2 is 1.90 bits per heavy atom. The van der Waals surface area contributed by atoms with Gasteiger partial charge in [0.05, 0.1) is 44.6 Å². The van der Waals surface area contributed by atoms with Crippen LogP contribution < -0.4 is 10.6 Å². The quantitative estimate of drug-likeness (QED) is 0.293. The standard InChI is InChI=1S/C27H17ClF4N4O4S/c1-36-19(9-21(31)32)14-8-18(33-25(37)15-10-41(40)20-7-12(30)2-4-13(15)20)23-22(24(14)35-36)26(38)34-27(23,39)16-6-11(29)3-5-17(16)28/h2-8,10,21,39H,9H2,1H3,(H,33,37)(H,34,38). The normalized spacial score (nSPS) is 19.4. The topological polar surface area (TPSA) is 113 Å². The first-order chi connectivity index (χ1) is 19.4. The maximum atomic E-state index is 14.3. The molecule has 0 saturated heterocycles. The van der Waals surface area contributed by atoms with Crippen LogP contribution in [0.3, 0.4) is 0 Å². The lowest BCUT2D eigenvalue weighted by molar-refractivity contribution is -0.111. The number of carbonyl (C=O) groups excluding carboxylic acids is 2. The minimum Gasteiger partial charge on any atom is -0.363 e. The number of fused-ring (bicyclic) bond motifs is 4. The lowest BCUT2D eigenvalue weighted by Gasteiger charge is -2.27. The number of nitrogens with one attached hydrogen (secondary N) is 2. The van der Waals surface area contributed by atoms with E-state index in [0.717, 1.165) is 34.4 Å². The number of amides is 2. The highest BCUT2D eigenvalue weighted by Gasteiger charge is 2.48. The van der Waals surface area contributed by atoms with Crippen LogP contribution in [-0.2, 0) is 34.8 Å². The van der Waals surface area contributed by atoms with Gasteiger partial charge in [0.2, 0.25) is 6.43 Å². The van der Waals surface area contributed by atoms with E-state index in [9.17, 15) is 36.5 Å². The van der Waals surface area contributed by atoms with E-state index in [0.29, 0.717) is 0 Å². The number of rotatable bonds is 5. The molecule has 0 spiro atoms. The third-order valence-electron chi connectivity index (χ3n) is 6.97. The number of benzene rings is 3. The molecule has 2 amide bonds. The molecule has 0 fully saturated rings. The number of hydrogen-bond acceptors (Lipinski definition) is 5. The molecule has 2 aliphatic rings. The van der Waals surface area contributed by atoms with Crippen molar-refractivity contribution >= 4 is 56.4 Å². The van der Waals surface area contributed by atoms with Gasteiger partial charge in [-0.05, 0) is 36.4 Å². The smallest absolute Gasteiger partial charge is 0.256 e. The molecule has 3 aromatic carbocycles.